The Kier molecular flexibility index (Phi) is 7.07. The molecule has 0 aliphatic carbocycles. The zero-order valence-electron chi connectivity index (χ0n) is 20.2. The number of hydrogen-bond acceptors (Lipinski definition) is 5. The van der Waals surface area contributed by atoms with Gasteiger partial charge in [-0.3, -0.25) is 4.79 Å². The molecule has 3 heterocycles. The lowest BCUT2D eigenvalue weighted by Crippen LogP contribution is -2.45. The fraction of sp³-hybridized carbons (Fsp3) is 0.423. The van der Waals surface area contributed by atoms with Crippen LogP contribution in [0.5, 0.6) is 0 Å². The summed E-state index contributed by atoms with van der Waals surface area (Å²) in [5.41, 5.74) is 2.37. The highest BCUT2D eigenvalue weighted by molar-refractivity contribution is 7.13. The van der Waals surface area contributed by atoms with E-state index in [9.17, 15) is 9.59 Å². The number of nitrogens with zero attached hydrogens (tertiary/aromatic N) is 4. The minimum atomic E-state index is -0.519. The molecule has 4 rings (SSSR count). The minimum absolute atomic E-state index is 0.0990. The Morgan fingerprint density at radius 1 is 1.12 bits per heavy atom. The number of carbonyl (C=O) groups is 2. The summed E-state index contributed by atoms with van der Waals surface area (Å²) >= 11 is 1.64. The van der Waals surface area contributed by atoms with Crippen LogP contribution in [0.4, 0.5) is 4.79 Å². The second kappa shape index (κ2) is 10.0. The van der Waals surface area contributed by atoms with Crippen LogP contribution in [0.15, 0.2) is 54.0 Å². The van der Waals surface area contributed by atoms with Gasteiger partial charge in [0.15, 0.2) is 0 Å². The lowest BCUT2D eigenvalue weighted by molar-refractivity contribution is -0.136. The van der Waals surface area contributed by atoms with Crippen molar-refractivity contribution in [3.05, 3.63) is 59.6 Å². The third kappa shape index (κ3) is 5.67. The van der Waals surface area contributed by atoms with Crippen molar-refractivity contribution in [3.63, 3.8) is 0 Å². The summed E-state index contributed by atoms with van der Waals surface area (Å²) in [6.07, 6.45) is 2.99. The third-order valence-electron chi connectivity index (χ3n) is 5.84. The number of aromatic nitrogens is 2. The van der Waals surface area contributed by atoms with E-state index in [1.165, 1.54) is 0 Å². The summed E-state index contributed by atoms with van der Waals surface area (Å²) in [5, 5.41) is 6.87. The average molecular weight is 481 g/mol. The molecule has 1 aromatic carbocycles. The van der Waals surface area contributed by atoms with Crippen molar-refractivity contribution < 1.29 is 14.3 Å². The first-order valence-electron chi connectivity index (χ1n) is 11.6. The predicted octanol–water partition coefficient (Wildman–Crippen LogP) is 5.21. The van der Waals surface area contributed by atoms with E-state index in [-0.39, 0.29) is 17.9 Å². The Morgan fingerprint density at radius 3 is 2.44 bits per heavy atom. The lowest BCUT2D eigenvalue weighted by atomic mass is 9.95. The van der Waals surface area contributed by atoms with Crippen LogP contribution >= 0.6 is 11.3 Å². The number of rotatable bonds is 5. The van der Waals surface area contributed by atoms with E-state index < -0.39 is 5.60 Å². The van der Waals surface area contributed by atoms with Crippen LogP contribution in [0.1, 0.15) is 39.2 Å². The zero-order valence-corrected chi connectivity index (χ0v) is 21.0. The Hall–Kier alpha value is -3.13. The van der Waals surface area contributed by atoms with Gasteiger partial charge in [-0.2, -0.15) is 5.10 Å². The van der Waals surface area contributed by atoms with Crippen molar-refractivity contribution >= 4 is 23.3 Å². The molecule has 1 aliphatic heterocycles. The van der Waals surface area contributed by atoms with Crippen LogP contribution < -0.4 is 0 Å². The molecule has 0 spiro atoms. The first-order chi connectivity index (χ1) is 16.2. The highest BCUT2D eigenvalue weighted by Crippen LogP contribution is 2.29. The number of carbonyl (C=O) groups excluding carboxylic acids is 2. The van der Waals surface area contributed by atoms with Gasteiger partial charge in [0.2, 0.25) is 5.91 Å². The Balaban J connectivity index is 1.43. The number of likely N-dealkylation sites (tertiary alicyclic amines) is 1. The Labute approximate surface area is 204 Å². The molecule has 0 unspecified atom stereocenters. The normalized spacial score (nSPS) is 14.8. The van der Waals surface area contributed by atoms with Gasteiger partial charge in [0, 0.05) is 44.4 Å². The molecule has 0 radical (unpaired) electrons. The lowest BCUT2D eigenvalue weighted by Gasteiger charge is -2.34. The van der Waals surface area contributed by atoms with E-state index >= 15 is 0 Å². The Morgan fingerprint density at radius 2 is 1.82 bits per heavy atom. The van der Waals surface area contributed by atoms with Crippen LogP contribution in [0.2, 0.25) is 0 Å². The molecule has 8 heteroatoms. The average Bonchev–Trinajstić information content (AvgIpc) is 3.48. The van der Waals surface area contributed by atoms with Gasteiger partial charge in [-0.1, -0.05) is 24.3 Å². The summed E-state index contributed by atoms with van der Waals surface area (Å²) in [7, 11) is 1.85. The number of piperidine rings is 1. The maximum Gasteiger partial charge on any atom is 0.410 e. The molecule has 34 heavy (non-hydrogen) atoms. The van der Waals surface area contributed by atoms with Crippen LogP contribution in [-0.4, -0.2) is 57.3 Å². The van der Waals surface area contributed by atoms with E-state index in [1.807, 2.05) is 80.5 Å². The molecular weight excluding hydrogens is 448 g/mol. The van der Waals surface area contributed by atoms with Gasteiger partial charge in [0.25, 0.3) is 0 Å². The topological polar surface area (TPSA) is 67.7 Å². The molecule has 0 bridgehead atoms. The van der Waals surface area contributed by atoms with Crippen molar-refractivity contribution in [3.8, 4) is 16.3 Å². The van der Waals surface area contributed by atoms with Gasteiger partial charge >= 0.3 is 6.09 Å². The molecule has 1 saturated heterocycles. The van der Waals surface area contributed by atoms with E-state index in [0.717, 1.165) is 21.8 Å². The summed E-state index contributed by atoms with van der Waals surface area (Å²) in [6.45, 7) is 7.13. The first kappa shape index (κ1) is 24.0. The molecule has 2 amide bonds. The summed E-state index contributed by atoms with van der Waals surface area (Å²) < 4.78 is 7.35. The van der Waals surface area contributed by atoms with Crippen molar-refractivity contribution in [2.24, 2.45) is 5.92 Å². The molecular formula is C26H32N4O3S. The van der Waals surface area contributed by atoms with Crippen LogP contribution in [0.3, 0.4) is 0 Å². The predicted molar refractivity (Wildman–Crippen MR) is 134 cm³/mol. The van der Waals surface area contributed by atoms with Gasteiger partial charge in [-0.05, 0) is 57.2 Å². The number of amides is 2. The molecule has 180 valence electrons. The molecule has 3 aromatic rings. The molecule has 2 aromatic heterocycles. The molecule has 1 fully saturated rings. The maximum atomic E-state index is 13.2. The van der Waals surface area contributed by atoms with Crippen LogP contribution in [0, 0.1) is 5.92 Å². The number of hydrogen-bond donors (Lipinski definition) is 0. The maximum absolute atomic E-state index is 13.2. The van der Waals surface area contributed by atoms with Crippen LogP contribution in [-0.2, 0) is 16.1 Å². The first-order valence-corrected chi connectivity index (χ1v) is 12.5. The van der Waals surface area contributed by atoms with Crippen molar-refractivity contribution in [2.75, 3.05) is 20.1 Å². The number of thiophene rings is 1. The number of para-hydroxylation sites is 1. The molecule has 1 aliphatic rings. The second-order valence-electron chi connectivity index (χ2n) is 9.70. The highest BCUT2D eigenvalue weighted by atomic mass is 32.1. The smallest absolute Gasteiger partial charge is 0.410 e. The van der Waals surface area contributed by atoms with E-state index in [2.05, 4.69) is 6.07 Å². The van der Waals surface area contributed by atoms with Gasteiger partial charge < -0.3 is 14.5 Å². The molecule has 0 saturated carbocycles. The molecule has 7 nitrogen and oxygen atoms in total. The summed E-state index contributed by atoms with van der Waals surface area (Å²) in [4.78, 5) is 30.2. The minimum Gasteiger partial charge on any atom is -0.444 e. The van der Waals surface area contributed by atoms with Crippen LogP contribution in [0.25, 0.3) is 16.3 Å². The highest BCUT2D eigenvalue weighted by Gasteiger charge is 2.31. The molecule has 0 N–H and O–H groups in total. The number of benzene rings is 1. The second-order valence-corrected chi connectivity index (χ2v) is 10.6. The third-order valence-corrected chi connectivity index (χ3v) is 6.72. The Bertz CT molecular complexity index is 1110. The van der Waals surface area contributed by atoms with E-state index in [1.54, 1.807) is 21.1 Å². The standard InChI is InChI=1S/C26H32N4O3S/c1-26(2,3)33-25(32)29-14-12-19(13-15-29)24(31)28(4)17-20-18-30(21-9-6-5-7-10-21)27-23(20)22-11-8-16-34-22/h5-11,16,18-19H,12-15,17H2,1-4H3. The van der Waals surface area contributed by atoms with Gasteiger partial charge in [0.1, 0.15) is 11.3 Å². The van der Waals surface area contributed by atoms with Gasteiger partial charge in [-0.25, -0.2) is 9.48 Å². The van der Waals surface area contributed by atoms with Gasteiger partial charge in [-0.15, -0.1) is 11.3 Å². The van der Waals surface area contributed by atoms with Crippen molar-refractivity contribution in [1.82, 2.24) is 19.6 Å². The van der Waals surface area contributed by atoms with E-state index in [4.69, 9.17) is 9.84 Å². The van der Waals surface area contributed by atoms with Crippen molar-refractivity contribution in [2.45, 2.75) is 45.8 Å². The summed E-state index contributed by atoms with van der Waals surface area (Å²) in [5.74, 6) is 0.00599. The monoisotopic (exact) mass is 480 g/mol. The number of ether oxygens (including phenoxy) is 1. The fourth-order valence-electron chi connectivity index (χ4n) is 4.14. The SMILES string of the molecule is CN(Cc1cn(-c2ccccc2)nc1-c1cccs1)C(=O)C1CCN(C(=O)OC(C)(C)C)CC1. The fourth-order valence-corrected chi connectivity index (χ4v) is 4.88. The zero-order chi connectivity index (χ0) is 24.3. The largest absolute Gasteiger partial charge is 0.444 e. The molecule has 0 atom stereocenters. The quantitative estimate of drug-likeness (QED) is 0.503. The van der Waals surface area contributed by atoms with Gasteiger partial charge in [0.05, 0.1) is 10.6 Å². The van der Waals surface area contributed by atoms with Crippen molar-refractivity contribution in [1.29, 1.82) is 0 Å². The summed E-state index contributed by atoms with van der Waals surface area (Å²) in [6, 6.07) is 14.1. The van der Waals surface area contributed by atoms with E-state index in [0.29, 0.717) is 32.5 Å².